The van der Waals surface area contributed by atoms with Gasteiger partial charge in [0.2, 0.25) is 0 Å². The van der Waals surface area contributed by atoms with Crippen molar-refractivity contribution in [3.63, 3.8) is 0 Å². The summed E-state index contributed by atoms with van der Waals surface area (Å²) in [5.41, 5.74) is 13.9. The fraction of sp³-hybridized carbons (Fsp3) is 0.467. The highest BCUT2D eigenvalue weighted by molar-refractivity contribution is 6.58. The number of hydrogen-bond donors (Lipinski definition) is 0. The van der Waals surface area contributed by atoms with Crippen LogP contribution in [-0.2, 0) is 4.74 Å². The molecule has 0 fully saturated rings. The standard InChI is InChI=1S/C30H38BF2N5O2/c1-21-19-23(3)37-28(21)27(29-22(2)20-24(4)38(29)31(37,32)33)25-13-15-26(16-14-25)30(39)40-18-12-10-8-6-5-7-9-11-17-35-36-34/h13-16,19-20H,5-12,17-18H2,1-4H3. The van der Waals surface area contributed by atoms with E-state index in [1.165, 1.54) is 8.96 Å². The van der Waals surface area contributed by atoms with Gasteiger partial charge in [-0.05, 0) is 74.2 Å². The number of carbonyl (C=O) groups excluding carboxylic acids is 1. The van der Waals surface area contributed by atoms with Crippen LogP contribution in [0.1, 0.15) is 98.1 Å². The van der Waals surface area contributed by atoms with Crippen molar-refractivity contribution in [1.82, 2.24) is 4.48 Å². The van der Waals surface area contributed by atoms with E-state index < -0.39 is 6.97 Å². The number of unbranched alkanes of at least 4 members (excludes halogenated alkanes) is 7. The van der Waals surface area contributed by atoms with E-state index in [4.69, 9.17) is 10.3 Å². The average Bonchev–Trinajstić information content (AvgIpc) is 3.40. The molecule has 4 rings (SSSR count). The lowest BCUT2D eigenvalue weighted by molar-refractivity contribution is -0.363. The third-order valence-corrected chi connectivity index (χ3v) is 7.79. The van der Waals surface area contributed by atoms with Crippen molar-refractivity contribution < 1.29 is 22.6 Å². The molecule has 2 aliphatic rings. The fourth-order valence-electron chi connectivity index (χ4n) is 5.98. The van der Waals surface area contributed by atoms with E-state index in [2.05, 4.69) is 10.0 Å². The zero-order valence-electron chi connectivity index (χ0n) is 23.9. The monoisotopic (exact) mass is 549 g/mol. The summed E-state index contributed by atoms with van der Waals surface area (Å²) in [6, 6.07) is 8.90. The third-order valence-electron chi connectivity index (χ3n) is 7.79. The van der Waals surface area contributed by atoms with Crippen molar-refractivity contribution in [3.8, 4) is 0 Å². The van der Waals surface area contributed by atoms with Crippen LogP contribution in [-0.4, -0.2) is 40.8 Å². The number of esters is 1. The number of aromatic nitrogens is 1. The first-order valence-corrected chi connectivity index (χ1v) is 14.2. The smallest absolute Gasteiger partial charge is 0.462 e. The van der Waals surface area contributed by atoms with Crippen LogP contribution in [0.3, 0.4) is 0 Å². The van der Waals surface area contributed by atoms with Crippen molar-refractivity contribution in [2.45, 2.75) is 79.1 Å². The normalized spacial score (nSPS) is 15.5. The van der Waals surface area contributed by atoms with Gasteiger partial charge in [-0.15, -0.1) is 0 Å². The molecule has 7 nitrogen and oxygen atoms in total. The zero-order chi connectivity index (χ0) is 28.9. The summed E-state index contributed by atoms with van der Waals surface area (Å²) >= 11 is 0. The van der Waals surface area contributed by atoms with Crippen LogP contribution < -0.4 is 0 Å². The molecule has 10 heteroatoms. The van der Waals surface area contributed by atoms with Gasteiger partial charge in [0.15, 0.2) is 5.70 Å². The molecule has 0 saturated carbocycles. The Kier molecular flexibility index (Phi) is 9.30. The van der Waals surface area contributed by atoms with Gasteiger partial charge in [0.1, 0.15) is 5.71 Å². The number of benzene rings is 1. The van der Waals surface area contributed by atoms with Crippen LogP contribution >= 0.6 is 0 Å². The highest BCUT2D eigenvalue weighted by Gasteiger charge is 2.55. The van der Waals surface area contributed by atoms with E-state index in [0.717, 1.165) is 73.6 Å². The summed E-state index contributed by atoms with van der Waals surface area (Å²) in [5, 5.41) is 3.54. The molecule has 1 aromatic carbocycles. The molecule has 0 bridgehead atoms. The zero-order valence-corrected chi connectivity index (χ0v) is 23.9. The predicted octanol–water partition coefficient (Wildman–Crippen LogP) is 8.12. The van der Waals surface area contributed by atoms with Crippen molar-refractivity contribution in [1.29, 1.82) is 0 Å². The molecule has 2 aliphatic heterocycles. The van der Waals surface area contributed by atoms with Gasteiger partial charge in [0, 0.05) is 35.7 Å². The lowest BCUT2D eigenvalue weighted by atomic mass is 9.83. The second kappa shape index (κ2) is 12.7. The van der Waals surface area contributed by atoms with E-state index in [1.54, 1.807) is 26.0 Å². The predicted molar refractivity (Wildman–Crippen MR) is 156 cm³/mol. The number of fused-ring (bicyclic) bond motifs is 2. The summed E-state index contributed by atoms with van der Waals surface area (Å²) < 4.78 is 39.5. The average molecular weight is 549 g/mol. The minimum atomic E-state index is -4.02. The van der Waals surface area contributed by atoms with E-state index >= 15 is 8.63 Å². The van der Waals surface area contributed by atoms with Gasteiger partial charge in [-0.1, -0.05) is 55.8 Å². The Morgan fingerprint density at radius 3 is 2.27 bits per heavy atom. The second-order valence-electron chi connectivity index (χ2n) is 10.8. The minimum Gasteiger partial charge on any atom is -0.462 e. The molecule has 3 heterocycles. The van der Waals surface area contributed by atoms with Gasteiger partial charge in [-0.3, -0.25) is 0 Å². The third kappa shape index (κ3) is 5.92. The molecule has 0 N–H and O–H groups in total. The SMILES string of the molecule is CC1=CC(C)=[N+]2C1=C(c1ccc(C(=O)OCCCCCCCCCCN=[N+]=[N-])cc1)c1c(C)cc(C)n1[B-]2(F)F. The highest BCUT2D eigenvalue weighted by Crippen LogP contribution is 2.44. The van der Waals surface area contributed by atoms with Crippen LogP contribution in [0, 0.1) is 13.8 Å². The maximum Gasteiger partial charge on any atom is 0.737 e. The number of aryl methyl sites for hydroxylation is 2. The number of nitrogens with zero attached hydrogens (tertiary/aromatic N) is 5. The highest BCUT2D eigenvalue weighted by atomic mass is 19.2. The van der Waals surface area contributed by atoms with Crippen LogP contribution in [0.15, 0.2) is 52.8 Å². The Morgan fingerprint density at radius 2 is 1.62 bits per heavy atom. The van der Waals surface area contributed by atoms with Gasteiger partial charge >= 0.3 is 12.9 Å². The Morgan fingerprint density at radius 1 is 1.00 bits per heavy atom. The number of rotatable bonds is 13. The molecule has 0 unspecified atom stereocenters. The van der Waals surface area contributed by atoms with Gasteiger partial charge in [0.25, 0.3) is 0 Å². The maximum atomic E-state index is 15.8. The second-order valence-corrected chi connectivity index (χ2v) is 10.8. The summed E-state index contributed by atoms with van der Waals surface area (Å²) in [7, 11) is 0. The fourth-order valence-corrected chi connectivity index (χ4v) is 5.98. The Labute approximate surface area is 234 Å². The van der Waals surface area contributed by atoms with Gasteiger partial charge in [0.05, 0.1) is 17.7 Å². The molecule has 0 radical (unpaired) electrons. The number of hydrogen-bond acceptors (Lipinski definition) is 3. The molecule has 0 amide bonds. The maximum absolute atomic E-state index is 15.8. The molecule has 2 aromatic rings. The first kappa shape index (κ1) is 29.3. The summed E-state index contributed by atoms with van der Waals surface area (Å²) in [5.74, 6) is -0.374. The van der Waals surface area contributed by atoms with Gasteiger partial charge in [-0.25, -0.2) is 4.79 Å². The van der Waals surface area contributed by atoms with Crippen LogP contribution in [0.4, 0.5) is 8.63 Å². The number of ether oxygens (including phenoxy) is 1. The topological polar surface area (TPSA) is 83.0 Å². The van der Waals surface area contributed by atoms with Crippen molar-refractivity contribution in [3.05, 3.63) is 86.2 Å². The van der Waals surface area contributed by atoms with Crippen LogP contribution in [0.2, 0.25) is 0 Å². The Bertz CT molecular complexity index is 1420. The summed E-state index contributed by atoms with van der Waals surface area (Å²) in [6.07, 6.45) is 10.2. The Balaban J connectivity index is 1.37. The quantitative estimate of drug-likeness (QED) is 0.0631. The van der Waals surface area contributed by atoms with Crippen molar-refractivity contribution >= 4 is 24.2 Å². The summed E-state index contributed by atoms with van der Waals surface area (Å²) in [6.45, 7) is 4.10. The van der Waals surface area contributed by atoms with Gasteiger partial charge in [-0.2, -0.15) is 0 Å². The van der Waals surface area contributed by atoms with Crippen molar-refractivity contribution in [2.24, 2.45) is 5.11 Å². The number of carbonyl (C=O) groups is 1. The van der Waals surface area contributed by atoms with E-state index in [9.17, 15) is 4.79 Å². The molecule has 0 aliphatic carbocycles. The Hall–Kier alpha value is -3.65. The molecule has 40 heavy (non-hydrogen) atoms. The molecular formula is C30H38BF2N5O2. The van der Waals surface area contributed by atoms with E-state index in [1.807, 2.05) is 38.1 Å². The molecule has 0 saturated heterocycles. The molecule has 0 atom stereocenters. The lowest BCUT2D eigenvalue weighted by Crippen LogP contribution is -2.51. The molecule has 1 aromatic heterocycles. The van der Waals surface area contributed by atoms with Crippen molar-refractivity contribution in [2.75, 3.05) is 13.2 Å². The van der Waals surface area contributed by atoms with Crippen LogP contribution in [0.5, 0.6) is 0 Å². The summed E-state index contributed by atoms with van der Waals surface area (Å²) in [4.78, 5) is 15.4. The van der Waals surface area contributed by atoms with E-state index in [0.29, 0.717) is 41.5 Å². The molecule has 0 spiro atoms. The number of halogens is 2. The number of allylic oxidation sites excluding steroid dienone is 2. The largest absolute Gasteiger partial charge is 0.737 e. The first-order chi connectivity index (χ1) is 19.2. The van der Waals surface area contributed by atoms with Crippen LogP contribution in [0.25, 0.3) is 16.0 Å². The minimum absolute atomic E-state index is 0.374. The molecule has 212 valence electrons. The lowest BCUT2D eigenvalue weighted by Gasteiger charge is -2.34. The molecular weight excluding hydrogens is 511 g/mol. The number of azide groups is 1. The van der Waals surface area contributed by atoms with Gasteiger partial charge < -0.3 is 22.3 Å². The van der Waals surface area contributed by atoms with E-state index in [-0.39, 0.29) is 5.97 Å². The first-order valence-electron chi connectivity index (χ1n) is 14.2.